The maximum Gasteiger partial charge on any atom is 0.258 e. The van der Waals surface area contributed by atoms with Gasteiger partial charge in [-0.3, -0.25) is 4.79 Å². The van der Waals surface area contributed by atoms with Crippen LogP contribution < -0.4 is 5.32 Å². The van der Waals surface area contributed by atoms with Gasteiger partial charge < -0.3 is 9.73 Å². The van der Waals surface area contributed by atoms with Crippen molar-refractivity contribution in [3.05, 3.63) is 77.3 Å². The molecule has 0 radical (unpaired) electrons. The molecule has 1 aromatic heterocycles. The lowest BCUT2D eigenvalue weighted by molar-refractivity contribution is 0.102. The van der Waals surface area contributed by atoms with Gasteiger partial charge in [-0.15, -0.1) is 10.2 Å². The van der Waals surface area contributed by atoms with Crippen LogP contribution >= 0.6 is 0 Å². The second-order valence-electron chi connectivity index (χ2n) is 5.02. The maximum atomic E-state index is 13.6. The van der Waals surface area contributed by atoms with E-state index in [2.05, 4.69) is 15.5 Å². The largest absolute Gasteiger partial charge is 0.425 e. The zero-order valence-corrected chi connectivity index (χ0v) is 12.4. The van der Waals surface area contributed by atoms with Crippen molar-refractivity contribution in [1.29, 1.82) is 0 Å². The van der Waals surface area contributed by atoms with Crippen LogP contribution in [0.5, 0.6) is 0 Å². The number of nitrogens with one attached hydrogen (secondary N) is 1. The number of hydrogen-bond donors (Lipinski definition) is 1. The van der Waals surface area contributed by atoms with Crippen LogP contribution in [0.2, 0.25) is 0 Å². The molecule has 2 aromatic carbocycles. The summed E-state index contributed by atoms with van der Waals surface area (Å²) in [7, 11) is 0. The quantitative estimate of drug-likeness (QED) is 0.802. The third-order valence-electron chi connectivity index (χ3n) is 3.25. The molecule has 3 aromatic rings. The molecule has 0 saturated carbocycles. The van der Waals surface area contributed by atoms with E-state index in [-0.39, 0.29) is 5.56 Å². The first-order chi connectivity index (χ1) is 11.1. The van der Waals surface area contributed by atoms with Crippen molar-refractivity contribution in [3.8, 4) is 0 Å². The van der Waals surface area contributed by atoms with E-state index < -0.39 is 11.7 Å². The number of carbonyl (C=O) groups is 1. The van der Waals surface area contributed by atoms with Crippen LogP contribution in [0.4, 0.5) is 10.1 Å². The number of carbonyl (C=O) groups excluding carboxylic acids is 1. The standard InChI is InChI=1S/C17H14FN3O2/c1-11-20-21-16(23-11)10-12-6-8-13(9-7-12)19-17(22)14-4-2-3-5-15(14)18/h2-9H,10H2,1H3,(H,19,22). The number of amides is 1. The van der Waals surface area contributed by atoms with Crippen molar-refractivity contribution in [3.63, 3.8) is 0 Å². The fourth-order valence-electron chi connectivity index (χ4n) is 2.13. The molecule has 1 amide bonds. The van der Waals surface area contributed by atoms with Gasteiger partial charge in [-0.1, -0.05) is 24.3 Å². The second-order valence-corrected chi connectivity index (χ2v) is 5.02. The van der Waals surface area contributed by atoms with Crippen LogP contribution in [0.25, 0.3) is 0 Å². The molecule has 0 aliphatic heterocycles. The smallest absolute Gasteiger partial charge is 0.258 e. The molecule has 0 atom stereocenters. The Balaban J connectivity index is 1.68. The Morgan fingerprint density at radius 1 is 1.13 bits per heavy atom. The predicted octanol–water partition coefficient (Wildman–Crippen LogP) is 3.36. The van der Waals surface area contributed by atoms with Crippen molar-refractivity contribution in [2.75, 3.05) is 5.32 Å². The zero-order chi connectivity index (χ0) is 16.2. The summed E-state index contributed by atoms with van der Waals surface area (Å²) in [5.74, 6) is 0.0242. The van der Waals surface area contributed by atoms with E-state index in [1.807, 2.05) is 12.1 Å². The van der Waals surface area contributed by atoms with Crippen LogP contribution in [0.3, 0.4) is 0 Å². The van der Waals surface area contributed by atoms with Gasteiger partial charge in [-0.25, -0.2) is 4.39 Å². The summed E-state index contributed by atoms with van der Waals surface area (Å²) < 4.78 is 18.9. The summed E-state index contributed by atoms with van der Waals surface area (Å²) in [5, 5.41) is 10.4. The fourth-order valence-corrected chi connectivity index (χ4v) is 2.13. The molecule has 0 aliphatic carbocycles. The Morgan fingerprint density at radius 3 is 2.52 bits per heavy atom. The summed E-state index contributed by atoms with van der Waals surface area (Å²) in [6.45, 7) is 1.73. The van der Waals surface area contributed by atoms with Crippen LogP contribution in [0.1, 0.15) is 27.7 Å². The predicted molar refractivity (Wildman–Crippen MR) is 82.6 cm³/mol. The van der Waals surface area contributed by atoms with Crippen LogP contribution in [-0.2, 0) is 6.42 Å². The molecule has 116 valence electrons. The number of rotatable bonds is 4. The normalized spacial score (nSPS) is 10.5. The molecule has 0 unspecified atom stereocenters. The van der Waals surface area contributed by atoms with Crippen molar-refractivity contribution in [1.82, 2.24) is 10.2 Å². The number of halogens is 1. The van der Waals surface area contributed by atoms with Gasteiger partial charge in [0.2, 0.25) is 11.8 Å². The van der Waals surface area contributed by atoms with Gasteiger partial charge in [-0.05, 0) is 29.8 Å². The van der Waals surface area contributed by atoms with Gasteiger partial charge in [0.05, 0.1) is 12.0 Å². The van der Waals surface area contributed by atoms with Crippen molar-refractivity contribution in [2.24, 2.45) is 0 Å². The number of nitrogens with zero attached hydrogens (tertiary/aromatic N) is 2. The molecule has 0 spiro atoms. The van der Waals surface area contributed by atoms with Gasteiger partial charge >= 0.3 is 0 Å². The van der Waals surface area contributed by atoms with Crippen molar-refractivity contribution in [2.45, 2.75) is 13.3 Å². The minimum Gasteiger partial charge on any atom is -0.425 e. The van der Waals surface area contributed by atoms with E-state index in [0.29, 0.717) is 23.9 Å². The van der Waals surface area contributed by atoms with E-state index >= 15 is 0 Å². The lowest BCUT2D eigenvalue weighted by atomic mass is 10.1. The first kappa shape index (κ1) is 14.9. The minimum absolute atomic E-state index is 0.0120. The van der Waals surface area contributed by atoms with Crippen molar-refractivity contribution < 1.29 is 13.6 Å². The topological polar surface area (TPSA) is 68.0 Å². The average Bonchev–Trinajstić information content (AvgIpc) is 2.95. The Labute approximate surface area is 132 Å². The lowest BCUT2D eigenvalue weighted by Gasteiger charge is -2.06. The molecule has 5 nitrogen and oxygen atoms in total. The molecule has 1 N–H and O–H groups in total. The highest BCUT2D eigenvalue weighted by atomic mass is 19.1. The number of anilines is 1. The third kappa shape index (κ3) is 3.60. The lowest BCUT2D eigenvalue weighted by Crippen LogP contribution is -2.13. The van der Waals surface area contributed by atoms with E-state index in [0.717, 1.165) is 5.56 Å². The summed E-state index contributed by atoms with van der Waals surface area (Å²) >= 11 is 0. The molecule has 0 bridgehead atoms. The van der Waals surface area contributed by atoms with Gasteiger partial charge in [0.25, 0.3) is 5.91 Å². The Morgan fingerprint density at radius 2 is 1.87 bits per heavy atom. The number of hydrogen-bond acceptors (Lipinski definition) is 4. The molecule has 0 aliphatic rings. The van der Waals surface area contributed by atoms with Crippen LogP contribution in [0.15, 0.2) is 52.9 Å². The number of benzene rings is 2. The Hall–Kier alpha value is -3.02. The highest BCUT2D eigenvalue weighted by Gasteiger charge is 2.11. The van der Waals surface area contributed by atoms with Crippen LogP contribution in [-0.4, -0.2) is 16.1 Å². The highest BCUT2D eigenvalue weighted by molar-refractivity contribution is 6.04. The molecule has 6 heteroatoms. The van der Waals surface area contributed by atoms with Crippen molar-refractivity contribution >= 4 is 11.6 Å². The second kappa shape index (κ2) is 6.39. The molecule has 23 heavy (non-hydrogen) atoms. The Kier molecular flexibility index (Phi) is 4.14. The monoisotopic (exact) mass is 311 g/mol. The van der Waals surface area contributed by atoms with Gasteiger partial charge in [0.1, 0.15) is 5.82 Å². The molecular formula is C17H14FN3O2. The van der Waals surface area contributed by atoms with E-state index in [4.69, 9.17) is 4.42 Å². The number of aromatic nitrogens is 2. The molecule has 3 rings (SSSR count). The summed E-state index contributed by atoms with van der Waals surface area (Å²) in [6.07, 6.45) is 0.516. The van der Waals surface area contributed by atoms with Gasteiger partial charge in [0.15, 0.2) is 0 Å². The third-order valence-corrected chi connectivity index (χ3v) is 3.25. The molecule has 0 saturated heterocycles. The maximum absolute atomic E-state index is 13.6. The summed E-state index contributed by atoms with van der Waals surface area (Å²) in [4.78, 5) is 12.0. The molecule has 1 heterocycles. The summed E-state index contributed by atoms with van der Waals surface area (Å²) in [6, 6.07) is 13.0. The van der Waals surface area contributed by atoms with E-state index in [9.17, 15) is 9.18 Å². The minimum atomic E-state index is -0.548. The first-order valence-corrected chi connectivity index (χ1v) is 7.05. The highest BCUT2D eigenvalue weighted by Crippen LogP contribution is 2.15. The van der Waals surface area contributed by atoms with E-state index in [1.54, 1.807) is 31.2 Å². The van der Waals surface area contributed by atoms with Gasteiger partial charge in [0, 0.05) is 12.6 Å². The first-order valence-electron chi connectivity index (χ1n) is 7.05. The molecular weight excluding hydrogens is 297 g/mol. The van der Waals surface area contributed by atoms with Gasteiger partial charge in [-0.2, -0.15) is 0 Å². The summed E-state index contributed by atoms with van der Waals surface area (Å²) in [5.41, 5.74) is 1.57. The molecule has 0 fully saturated rings. The van der Waals surface area contributed by atoms with Crippen LogP contribution in [0, 0.1) is 12.7 Å². The SMILES string of the molecule is Cc1nnc(Cc2ccc(NC(=O)c3ccccc3F)cc2)o1. The average molecular weight is 311 g/mol. The van der Waals surface area contributed by atoms with E-state index in [1.165, 1.54) is 12.1 Å². The number of aryl methyl sites for hydroxylation is 1. The fraction of sp³-hybridized carbons (Fsp3) is 0.118. The zero-order valence-electron chi connectivity index (χ0n) is 12.4. The Bertz CT molecular complexity index is 828.